The van der Waals surface area contributed by atoms with Gasteiger partial charge >= 0.3 is 5.97 Å². The first-order chi connectivity index (χ1) is 10.1. The summed E-state index contributed by atoms with van der Waals surface area (Å²) < 4.78 is 18.5. The molecule has 0 aliphatic heterocycles. The highest BCUT2D eigenvalue weighted by molar-refractivity contribution is 5.84. The van der Waals surface area contributed by atoms with Crippen LogP contribution in [0, 0.1) is 5.82 Å². The predicted molar refractivity (Wildman–Crippen MR) is 77.1 cm³/mol. The molecule has 1 aromatic carbocycles. The maximum Gasteiger partial charge on any atom is 0.317 e. The van der Waals surface area contributed by atoms with E-state index in [1.807, 2.05) is 0 Å². The van der Waals surface area contributed by atoms with Crippen molar-refractivity contribution in [2.45, 2.75) is 11.8 Å². The number of rotatable bonds is 5. The number of esters is 1. The smallest absolute Gasteiger partial charge is 0.317 e. The first-order valence-electron chi connectivity index (χ1n) is 6.56. The molecule has 0 aliphatic carbocycles. The molecule has 0 fully saturated rings. The minimum Gasteiger partial charge on any atom is -0.468 e. The number of hydrogen-bond donors (Lipinski definition) is 1. The second-order valence-corrected chi connectivity index (χ2v) is 4.82. The molecule has 0 saturated heterocycles. The van der Waals surface area contributed by atoms with E-state index in [-0.39, 0.29) is 6.54 Å². The number of hydrogen-bond acceptors (Lipinski definition) is 4. The molecule has 4 nitrogen and oxygen atoms in total. The maximum absolute atomic E-state index is 13.5. The molecule has 1 unspecified atom stereocenters. The molecule has 0 radical (unpaired) electrons. The van der Waals surface area contributed by atoms with Gasteiger partial charge in [0.15, 0.2) is 0 Å². The fraction of sp³-hybridized carbons (Fsp3) is 0.250. The lowest BCUT2D eigenvalue weighted by Crippen LogP contribution is -2.45. The van der Waals surface area contributed by atoms with E-state index in [2.05, 4.69) is 4.98 Å². The summed E-state index contributed by atoms with van der Waals surface area (Å²) in [4.78, 5) is 16.3. The molecular weight excluding hydrogens is 271 g/mol. The number of halogens is 1. The van der Waals surface area contributed by atoms with Crippen molar-refractivity contribution < 1.29 is 13.9 Å². The van der Waals surface area contributed by atoms with Gasteiger partial charge in [0.25, 0.3) is 0 Å². The Kier molecular flexibility index (Phi) is 4.65. The van der Waals surface area contributed by atoms with Gasteiger partial charge in [-0.1, -0.05) is 12.1 Å². The SMILES string of the molecule is COC(=O)C(CN)(Cc1ccncc1)c1cccc(F)c1. The normalized spacial score (nSPS) is 13.5. The van der Waals surface area contributed by atoms with Crippen molar-refractivity contribution in [3.63, 3.8) is 0 Å². The summed E-state index contributed by atoms with van der Waals surface area (Å²) >= 11 is 0. The van der Waals surface area contributed by atoms with Crippen molar-refractivity contribution in [2.24, 2.45) is 5.73 Å². The highest BCUT2D eigenvalue weighted by atomic mass is 19.1. The molecule has 0 aliphatic rings. The fourth-order valence-corrected chi connectivity index (χ4v) is 2.40. The van der Waals surface area contributed by atoms with E-state index in [0.29, 0.717) is 12.0 Å². The predicted octanol–water partition coefficient (Wildman–Crippen LogP) is 1.83. The van der Waals surface area contributed by atoms with Crippen LogP contribution < -0.4 is 5.73 Å². The number of nitrogens with zero attached hydrogens (tertiary/aromatic N) is 1. The summed E-state index contributed by atoms with van der Waals surface area (Å²) in [6, 6.07) is 9.50. The first-order valence-corrected chi connectivity index (χ1v) is 6.56. The summed E-state index contributed by atoms with van der Waals surface area (Å²) in [6.07, 6.45) is 3.60. The van der Waals surface area contributed by atoms with Gasteiger partial charge in [-0.3, -0.25) is 9.78 Å². The molecule has 110 valence electrons. The highest BCUT2D eigenvalue weighted by Gasteiger charge is 2.40. The third kappa shape index (κ3) is 3.08. The largest absolute Gasteiger partial charge is 0.468 e. The second-order valence-electron chi connectivity index (χ2n) is 4.82. The Morgan fingerprint density at radius 2 is 2.05 bits per heavy atom. The average molecular weight is 288 g/mol. The number of aromatic nitrogens is 1. The fourth-order valence-electron chi connectivity index (χ4n) is 2.40. The summed E-state index contributed by atoms with van der Waals surface area (Å²) in [5.74, 6) is -0.892. The van der Waals surface area contributed by atoms with Crippen molar-refractivity contribution >= 4 is 5.97 Å². The number of carbonyl (C=O) groups excluding carboxylic acids is 1. The van der Waals surface area contributed by atoms with Crippen LogP contribution in [-0.4, -0.2) is 24.6 Å². The van der Waals surface area contributed by atoms with Gasteiger partial charge in [0.05, 0.1) is 7.11 Å². The Morgan fingerprint density at radius 1 is 1.33 bits per heavy atom. The van der Waals surface area contributed by atoms with Gasteiger partial charge in [-0.2, -0.15) is 0 Å². The van der Waals surface area contributed by atoms with Gasteiger partial charge in [-0.25, -0.2) is 4.39 Å². The number of methoxy groups -OCH3 is 1. The van der Waals surface area contributed by atoms with Crippen molar-refractivity contribution in [1.82, 2.24) is 4.98 Å². The van der Waals surface area contributed by atoms with E-state index in [1.54, 1.807) is 36.7 Å². The number of ether oxygens (including phenoxy) is 1. The number of pyridine rings is 1. The lowest BCUT2D eigenvalue weighted by Gasteiger charge is -2.30. The van der Waals surface area contributed by atoms with Crippen molar-refractivity contribution in [1.29, 1.82) is 0 Å². The van der Waals surface area contributed by atoms with Crippen LogP contribution in [0.15, 0.2) is 48.8 Å². The molecule has 1 atom stereocenters. The van der Waals surface area contributed by atoms with Gasteiger partial charge < -0.3 is 10.5 Å². The minimum absolute atomic E-state index is 0.0193. The van der Waals surface area contributed by atoms with Crippen LogP contribution in [0.4, 0.5) is 4.39 Å². The van der Waals surface area contributed by atoms with Crippen LogP contribution >= 0.6 is 0 Å². The van der Waals surface area contributed by atoms with Gasteiger partial charge in [0.2, 0.25) is 0 Å². The van der Waals surface area contributed by atoms with Crippen LogP contribution in [0.5, 0.6) is 0 Å². The zero-order chi connectivity index (χ0) is 15.3. The molecule has 1 heterocycles. The summed E-state index contributed by atoms with van der Waals surface area (Å²) in [6.45, 7) is 0.0193. The van der Waals surface area contributed by atoms with Crippen molar-refractivity contribution in [3.05, 3.63) is 65.7 Å². The van der Waals surface area contributed by atoms with Crippen LogP contribution in [0.1, 0.15) is 11.1 Å². The first kappa shape index (κ1) is 15.1. The Hall–Kier alpha value is -2.27. The second kappa shape index (κ2) is 6.45. The number of benzene rings is 1. The Labute approximate surface area is 122 Å². The molecule has 0 bridgehead atoms. The van der Waals surface area contributed by atoms with E-state index >= 15 is 0 Å². The maximum atomic E-state index is 13.5. The van der Waals surface area contributed by atoms with E-state index in [9.17, 15) is 9.18 Å². The molecule has 0 spiro atoms. The quantitative estimate of drug-likeness (QED) is 0.853. The molecule has 0 saturated carbocycles. The average Bonchev–Trinajstić information content (AvgIpc) is 2.53. The molecule has 5 heteroatoms. The van der Waals surface area contributed by atoms with E-state index in [1.165, 1.54) is 19.2 Å². The summed E-state index contributed by atoms with van der Waals surface area (Å²) in [5, 5.41) is 0. The van der Waals surface area contributed by atoms with Crippen molar-refractivity contribution in [3.8, 4) is 0 Å². The van der Waals surface area contributed by atoms with Gasteiger partial charge in [0.1, 0.15) is 11.2 Å². The molecule has 2 aromatic rings. The zero-order valence-electron chi connectivity index (χ0n) is 11.8. The van der Waals surface area contributed by atoms with Crippen LogP contribution in [0.25, 0.3) is 0 Å². The number of carbonyl (C=O) groups is 1. The molecule has 0 amide bonds. The van der Waals surface area contributed by atoms with Crippen LogP contribution in [0.2, 0.25) is 0 Å². The topological polar surface area (TPSA) is 65.2 Å². The summed E-state index contributed by atoms with van der Waals surface area (Å²) in [5.41, 5.74) is 6.15. The third-order valence-corrected chi connectivity index (χ3v) is 3.56. The standard InChI is InChI=1S/C16H17FN2O2/c1-21-15(20)16(11-18,10-12-5-7-19-8-6-12)13-3-2-4-14(17)9-13/h2-9H,10-11,18H2,1H3. The molecular formula is C16H17FN2O2. The molecule has 2 N–H and O–H groups in total. The van der Waals surface area contributed by atoms with Crippen molar-refractivity contribution in [2.75, 3.05) is 13.7 Å². The molecule has 1 aromatic heterocycles. The lowest BCUT2D eigenvalue weighted by molar-refractivity contribution is -0.147. The zero-order valence-corrected chi connectivity index (χ0v) is 11.8. The van der Waals surface area contributed by atoms with Gasteiger partial charge in [-0.05, 0) is 41.8 Å². The monoisotopic (exact) mass is 288 g/mol. The minimum atomic E-state index is -1.11. The Bertz CT molecular complexity index is 619. The van der Waals surface area contributed by atoms with E-state index in [4.69, 9.17) is 10.5 Å². The van der Waals surface area contributed by atoms with E-state index in [0.717, 1.165) is 5.56 Å². The Balaban J connectivity index is 2.50. The number of nitrogens with two attached hydrogens (primary N) is 1. The van der Waals surface area contributed by atoms with E-state index < -0.39 is 17.2 Å². The molecule has 21 heavy (non-hydrogen) atoms. The van der Waals surface area contributed by atoms with Gasteiger partial charge in [-0.15, -0.1) is 0 Å². The molecule has 2 rings (SSSR count). The summed E-state index contributed by atoms with van der Waals surface area (Å²) in [7, 11) is 1.30. The van der Waals surface area contributed by atoms with Gasteiger partial charge in [0, 0.05) is 18.9 Å². The Morgan fingerprint density at radius 3 is 2.62 bits per heavy atom. The van der Waals surface area contributed by atoms with Crippen LogP contribution in [-0.2, 0) is 21.4 Å². The lowest BCUT2D eigenvalue weighted by atomic mass is 9.75. The highest BCUT2D eigenvalue weighted by Crippen LogP contribution is 2.29. The third-order valence-electron chi connectivity index (χ3n) is 3.56. The van der Waals surface area contributed by atoms with Crippen LogP contribution in [0.3, 0.4) is 0 Å².